The predicted octanol–water partition coefficient (Wildman–Crippen LogP) is 2.52. The number of carboxylic acids is 1. The summed E-state index contributed by atoms with van der Waals surface area (Å²) >= 11 is 0. The molecule has 7 nitrogen and oxygen atoms in total. The number of rotatable bonds is 7. The summed E-state index contributed by atoms with van der Waals surface area (Å²) in [6.07, 6.45) is 4.49. The van der Waals surface area contributed by atoms with Gasteiger partial charge in [-0.2, -0.15) is 0 Å². The molecular weight excluding hydrogens is 370 g/mol. The van der Waals surface area contributed by atoms with Crippen LogP contribution in [0.15, 0.2) is 11.6 Å². The Balaban J connectivity index is 3.10. The van der Waals surface area contributed by atoms with Crippen LogP contribution in [-0.4, -0.2) is 71.5 Å². The first-order valence-corrected chi connectivity index (χ1v) is 10.5. The fourth-order valence-electron chi connectivity index (χ4n) is 3.72. The van der Waals surface area contributed by atoms with Gasteiger partial charge in [0.25, 0.3) is 0 Å². The Labute approximate surface area is 175 Å². The number of carbonyl (C=O) groups is 3. The molecule has 29 heavy (non-hydrogen) atoms. The van der Waals surface area contributed by atoms with Crippen LogP contribution in [0.5, 0.6) is 0 Å². The normalized spacial score (nSPS) is 20.9. The number of piperidine rings is 1. The Kier molecular flexibility index (Phi) is 8.87. The van der Waals surface area contributed by atoms with Crippen molar-refractivity contribution >= 4 is 17.8 Å². The zero-order chi connectivity index (χ0) is 22.5. The SMILES string of the molecule is C/C(=C\C(C(C)C)N(C)C(=O)[C@@H](NC(=O)[C@@H]1CCCCN1C)C(C)(C)C)C(=O)O. The van der Waals surface area contributed by atoms with Gasteiger partial charge in [-0.15, -0.1) is 0 Å². The van der Waals surface area contributed by atoms with E-state index in [1.807, 2.05) is 46.6 Å². The average molecular weight is 410 g/mol. The second kappa shape index (κ2) is 10.2. The predicted molar refractivity (Wildman–Crippen MR) is 114 cm³/mol. The van der Waals surface area contributed by atoms with Crippen LogP contribution in [0.4, 0.5) is 0 Å². The molecule has 0 aromatic rings. The maximum Gasteiger partial charge on any atom is 0.331 e. The van der Waals surface area contributed by atoms with E-state index in [1.54, 1.807) is 18.0 Å². The molecule has 1 aliphatic rings. The summed E-state index contributed by atoms with van der Waals surface area (Å²) in [4.78, 5) is 41.2. The molecule has 0 aliphatic carbocycles. The van der Waals surface area contributed by atoms with Gasteiger partial charge in [0.2, 0.25) is 11.8 Å². The van der Waals surface area contributed by atoms with Crippen LogP contribution in [0.2, 0.25) is 0 Å². The fourth-order valence-corrected chi connectivity index (χ4v) is 3.72. The first kappa shape index (κ1) is 25.1. The Hall–Kier alpha value is -1.89. The van der Waals surface area contributed by atoms with E-state index < -0.39 is 17.4 Å². The molecule has 1 rings (SSSR count). The van der Waals surface area contributed by atoms with Crippen molar-refractivity contribution in [3.05, 3.63) is 11.6 Å². The molecule has 1 unspecified atom stereocenters. The van der Waals surface area contributed by atoms with Crippen molar-refractivity contribution in [2.75, 3.05) is 20.6 Å². The molecule has 2 N–H and O–H groups in total. The molecule has 3 atom stereocenters. The fraction of sp³-hybridized carbons (Fsp3) is 0.773. The lowest BCUT2D eigenvalue weighted by atomic mass is 9.84. The van der Waals surface area contributed by atoms with Gasteiger partial charge in [-0.1, -0.05) is 47.1 Å². The second-order valence-corrected chi connectivity index (χ2v) is 9.64. The van der Waals surface area contributed by atoms with Gasteiger partial charge in [0.05, 0.1) is 12.1 Å². The van der Waals surface area contributed by atoms with Crippen molar-refractivity contribution in [2.45, 2.75) is 78.9 Å². The van der Waals surface area contributed by atoms with Crippen LogP contribution >= 0.6 is 0 Å². The minimum Gasteiger partial charge on any atom is -0.478 e. The van der Waals surface area contributed by atoms with Crippen LogP contribution in [-0.2, 0) is 14.4 Å². The molecule has 2 amide bonds. The zero-order valence-corrected chi connectivity index (χ0v) is 19.3. The monoisotopic (exact) mass is 409 g/mol. The van der Waals surface area contributed by atoms with Gasteiger partial charge < -0.3 is 15.3 Å². The van der Waals surface area contributed by atoms with E-state index in [0.29, 0.717) is 0 Å². The minimum atomic E-state index is -1.00. The highest BCUT2D eigenvalue weighted by Gasteiger charge is 2.39. The van der Waals surface area contributed by atoms with E-state index in [9.17, 15) is 19.5 Å². The molecule has 0 radical (unpaired) electrons. The standard InChI is InChI=1S/C22H39N3O4/c1-14(2)17(13-15(3)21(28)29)25(8)20(27)18(22(4,5)6)23-19(26)16-11-9-10-12-24(16)7/h13-14,16-18H,9-12H2,1-8H3,(H,23,26)(H,28,29)/b15-13+/t16-,17?,18+/m0/s1. The van der Waals surface area contributed by atoms with E-state index in [-0.39, 0.29) is 35.4 Å². The Morgan fingerprint density at radius 1 is 1.21 bits per heavy atom. The third-order valence-electron chi connectivity index (χ3n) is 5.71. The molecule has 0 saturated carbocycles. The number of nitrogens with zero attached hydrogens (tertiary/aromatic N) is 2. The van der Waals surface area contributed by atoms with Crippen molar-refractivity contribution in [3.63, 3.8) is 0 Å². The molecule has 1 aliphatic heterocycles. The number of aliphatic carboxylic acids is 1. The van der Waals surface area contributed by atoms with Crippen LogP contribution < -0.4 is 5.32 Å². The van der Waals surface area contributed by atoms with Crippen LogP contribution in [0.3, 0.4) is 0 Å². The Bertz CT molecular complexity index is 636. The molecule has 0 aromatic heterocycles. The number of likely N-dealkylation sites (N-methyl/N-ethyl adjacent to an activating group) is 2. The maximum atomic E-state index is 13.4. The van der Waals surface area contributed by atoms with Crippen LogP contribution in [0.1, 0.15) is 60.8 Å². The summed E-state index contributed by atoms with van der Waals surface area (Å²) in [7, 11) is 3.62. The highest BCUT2D eigenvalue weighted by atomic mass is 16.4. The molecule has 1 fully saturated rings. The van der Waals surface area contributed by atoms with Crippen molar-refractivity contribution in [1.29, 1.82) is 0 Å². The third-order valence-corrected chi connectivity index (χ3v) is 5.71. The van der Waals surface area contributed by atoms with Gasteiger partial charge in [-0.3, -0.25) is 14.5 Å². The van der Waals surface area contributed by atoms with E-state index in [0.717, 1.165) is 25.8 Å². The van der Waals surface area contributed by atoms with Crippen molar-refractivity contribution in [3.8, 4) is 0 Å². The second-order valence-electron chi connectivity index (χ2n) is 9.64. The van der Waals surface area contributed by atoms with Gasteiger partial charge >= 0.3 is 5.97 Å². The molecule has 1 saturated heterocycles. The Morgan fingerprint density at radius 2 is 1.79 bits per heavy atom. The van der Waals surface area contributed by atoms with E-state index in [4.69, 9.17) is 0 Å². The van der Waals surface area contributed by atoms with Crippen LogP contribution in [0.25, 0.3) is 0 Å². The third kappa shape index (κ3) is 6.84. The number of nitrogens with one attached hydrogen (secondary N) is 1. The quantitative estimate of drug-likeness (QED) is 0.631. The number of carboxylic acid groups (broad SMARTS) is 1. The van der Waals surface area contributed by atoms with Crippen molar-refractivity contribution < 1.29 is 19.5 Å². The molecule has 0 spiro atoms. The first-order chi connectivity index (χ1) is 13.3. The summed E-state index contributed by atoms with van der Waals surface area (Å²) in [5.74, 6) is -1.30. The van der Waals surface area contributed by atoms with Gasteiger partial charge in [-0.05, 0) is 44.7 Å². The lowest BCUT2D eigenvalue weighted by Crippen LogP contribution is -2.59. The van der Waals surface area contributed by atoms with E-state index in [1.165, 1.54) is 6.92 Å². The van der Waals surface area contributed by atoms with Crippen LogP contribution in [0, 0.1) is 11.3 Å². The summed E-state index contributed by atoms with van der Waals surface area (Å²) < 4.78 is 0. The van der Waals surface area contributed by atoms with E-state index in [2.05, 4.69) is 5.32 Å². The summed E-state index contributed by atoms with van der Waals surface area (Å²) in [5, 5.41) is 12.2. The highest BCUT2D eigenvalue weighted by molar-refractivity contribution is 5.91. The number of hydrogen-bond donors (Lipinski definition) is 2. The summed E-state index contributed by atoms with van der Waals surface area (Å²) in [6, 6.07) is -1.30. The number of hydrogen-bond acceptors (Lipinski definition) is 4. The lowest BCUT2D eigenvalue weighted by molar-refractivity contribution is -0.141. The number of carbonyl (C=O) groups excluding carboxylic acids is 2. The van der Waals surface area contributed by atoms with Gasteiger partial charge in [0, 0.05) is 12.6 Å². The molecule has 0 bridgehead atoms. The molecule has 7 heteroatoms. The molecule has 166 valence electrons. The topological polar surface area (TPSA) is 90.0 Å². The van der Waals surface area contributed by atoms with Gasteiger partial charge in [-0.25, -0.2) is 4.79 Å². The summed E-state index contributed by atoms with van der Waals surface area (Å²) in [5.41, 5.74) is -0.287. The molecule has 1 heterocycles. The van der Waals surface area contributed by atoms with Gasteiger partial charge in [0.1, 0.15) is 6.04 Å². The number of amides is 2. The van der Waals surface area contributed by atoms with Crippen molar-refractivity contribution in [2.24, 2.45) is 11.3 Å². The minimum absolute atomic E-state index is 0.0269. The average Bonchev–Trinajstić information content (AvgIpc) is 2.61. The largest absolute Gasteiger partial charge is 0.478 e. The Morgan fingerprint density at radius 3 is 2.24 bits per heavy atom. The maximum absolute atomic E-state index is 13.4. The van der Waals surface area contributed by atoms with E-state index >= 15 is 0 Å². The molecular formula is C22H39N3O4. The first-order valence-electron chi connectivity index (χ1n) is 10.5. The lowest BCUT2D eigenvalue weighted by Gasteiger charge is -2.39. The zero-order valence-electron chi connectivity index (χ0n) is 19.3. The smallest absolute Gasteiger partial charge is 0.331 e. The van der Waals surface area contributed by atoms with Crippen molar-refractivity contribution in [1.82, 2.24) is 15.1 Å². The van der Waals surface area contributed by atoms with Gasteiger partial charge in [0.15, 0.2) is 0 Å². The number of likely N-dealkylation sites (tertiary alicyclic amines) is 1. The summed E-state index contributed by atoms with van der Waals surface area (Å²) in [6.45, 7) is 12.1. The molecule has 0 aromatic carbocycles. The highest BCUT2D eigenvalue weighted by Crippen LogP contribution is 2.25.